The largest absolute Gasteiger partial charge is 0.476 e. The van der Waals surface area contributed by atoms with Crippen molar-refractivity contribution in [1.29, 1.82) is 0 Å². The van der Waals surface area contributed by atoms with E-state index < -0.39 is 11.8 Å². The fourth-order valence-corrected chi connectivity index (χ4v) is 2.67. The van der Waals surface area contributed by atoms with E-state index in [1.54, 1.807) is 19.1 Å². The van der Waals surface area contributed by atoms with Crippen molar-refractivity contribution in [3.05, 3.63) is 53.1 Å². The highest BCUT2D eigenvalue weighted by Gasteiger charge is 2.37. The van der Waals surface area contributed by atoms with E-state index in [1.807, 2.05) is 0 Å². The maximum absolute atomic E-state index is 13.0. The molecule has 0 aromatic carbocycles. The van der Waals surface area contributed by atoms with Crippen molar-refractivity contribution in [2.75, 3.05) is 0 Å². The number of carbonyl (C=O) groups excluding carboxylic acids is 1. The number of nitrogens with zero attached hydrogens (tertiary/aromatic N) is 5. The van der Waals surface area contributed by atoms with Crippen molar-refractivity contribution in [2.45, 2.75) is 25.7 Å². The topological polar surface area (TPSA) is 124 Å². The van der Waals surface area contributed by atoms with Gasteiger partial charge in [-0.05, 0) is 31.9 Å². The van der Waals surface area contributed by atoms with Gasteiger partial charge in [0.2, 0.25) is 11.5 Å². The lowest BCUT2D eigenvalue weighted by atomic mass is 9.98. The molecule has 3 heterocycles. The van der Waals surface area contributed by atoms with Crippen LogP contribution in [-0.4, -0.2) is 41.8 Å². The molecular formula is C16H13N5O4. The molecule has 1 aliphatic carbocycles. The Morgan fingerprint density at radius 1 is 1.32 bits per heavy atom. The fourth-order valence-electron chi connectivity index (χ4n) is 2.67. The van der Waals surface area contributed by atoms with Crippen molar-refractivity contribution >= 4 is 11.8 Å². The standard InChI is InChI=1S/C16H13N5O4/c1-8-10(4-5-11(19-8)21-7-17-6-18-21)14(22)12-13(16(23)24)20-25-15(12)9-2-3-9/h4-7,9H,2-3H2,1H3,(H,23,24). The monoisotopic (exact) mass is 339 g/mol. The van der Waals surface area contributed by atoms with Crippen LogP contribution in [0.3, 0.4) is 0 Å². The summed E-state index contributed by atoms with van der Waals surface area (Å²) in [6.07, 6.45) is 4.60. The van der Waals surface area contributed by atoms with E-state index in [0.29, 0.717) is 22.8 Å². The Balaban J connectivity index is 1.77. The van der Waals surface area contributed by atoms with Crippen LogP contribution in [0.4, 0.5) is 0 Å². The number of carboxylic acids is 1. The van der Waals surface area contributed by atoms with Crippen LogP contribution in [0.1, 0.15) is 56.6 Å². The van der Waals surface area contributed by atoms with Crippen LogP contribution < -0.4 is 0 Å². The quantitative estimate of drug-likeness (QED) is 0.697. The van der Waals surface area contributed by atoms with Crippen LogP contribution in [0, 0.1) is 6.92 Å². The van der Waals surface area contributed by atoms with Gasteiger partial charge < -0.3 is 9.63 Å². The van der Waals surface area contributed by atoms with Gasteiger partial charge in [-0.15, -0.1) is 0 Å². The molecule has 0 bridgehead atoms. The van der Waals surface area contributed by atoms with Crippen LogP contribution in [0.2, 0.25) is 0 Å². The summed E-state index contributed by atoms with van der Waals surface area (Å²) in [6, 6.07) is 3.22. The van der Waals surface area contributed by atoms with E-state index >= 15 is 0 Å². The summed E-state index contributed by atoms with van der Waals surface area (Å²) < 4.78 is 6.62. The molecule has 9 heteroatoms. The number of aryl methyl sites for hydroxylation is 1. The molecule has 9 nitrogen and oxygen atoms in total. The van der Waals surface area contributed by atoms with Gasteiger partial charge in [-0.25, -0.2) is 19.4 Å². The normalized spacial score (nSPS) is 13.8. The molecule has 126 valence electrons. The number of rotatable bonds is 5. The van der Waals surface area contributed by atoms with Gasteiger partial charge in [-0.3, -0.25) is 4.79 Å². The van der Waals surface area contributed by atoms with E-state index in [2.05, 4.69) is 20.2 Å². The molecule has 3 aromatic heterocycles. The molecule has 1 fully saturated rings. The first-order valence-electron chi connectivity index (χ1n) is 7.66. The first-order chi connectivity index (χ1) is 12.1. The van der Waals surface area contributed by atoms with Crippen LogP contribution in [-0.2, 0) is 0 Å². The Hall–Kier alpha value is -3.36. The Labute approximate surface area is 141 Å². The van der Waals surface area contributed by atoms with E-state index in [0.717, 1.165) is 12.8 Å². The Kier molecular flexibility index (Phi) is 3.41. The SMILES string of the molecule is Cc1nc(-n2cncn2)ccc1C(=O)c1c(C(=O)O)noc1C1CC1. The van der Waals surface area contributed by atoms with Crippen LogP contribution in [0.15, 0.2) is 29.3 Å². The highest BCUT2D eigenvalue weighted by molar-refractivity contribution is 6.14. The third kappa shape index (κ3) is 2.59. The third-order valence-electron chi connectivity index (χ3n) is 4.07. The molecule has 1 saturated carbocycles. The molecule has 0 saturated heterocycles. The van der Waals surface area contributed by atoms with E-state index in [4.69, 9.17) is 4.52 Å². The Morgan fingerprint density at radius 2 is 2.12 bits per heavy atom. The van der Waals surface area contributed by atoms with Gasteiger partial charge in [0.05, 0.1) is 5.69 Å². The molecule has 1 aliphatic rings. The van der Waals surface area contributed by atoms with Gasteiger partial charge in [-0.1, -0.05) is 5.16 Å². The predicted octanol–water partition coefficient (Wildman–Crippen LogP) is 1.77. The smallest absolute Gasteiger partial charge is 0.358 e. The zero-order valence-corrected chi connectivity index (χ0v) is 13.2. The van der Waals surface area contributed by atoms with Gasteiger partial charge in [0.1, 0.15) is 18.2 Å². The summed E-state index contributed by atoms with van der Waals surface area (Å²) in [7, 11) is 0. The maximum atomic E-state index is 13.0. The molecule has 0 spiro atoms. The third-order valence-corrected chi connectivity index (χ3v) is 4.07. The summed E-state index contributed by atoms with van der Waals surface area (Å²) in [4.78, 5) is 32.6. The van der Waals surface area contributed by atoms with Crippen LogP contribution >= 0.6 is 0 Å². The summed E-state index contributed by atoms with van der Waals surface area (Å²) >= 11 is 0. The van der Waals surface area contributed by atoms with Crippen LogP contribution in [0.5, 0.6) is 0 Å². The number of hydrogen-bond acceptors (Lipinski definition) is 7. The lowest BCUT2D eigenvalue weighted by Gasteiger charge is -2.07. The van der Waals surface area contributed by atoms with E-state index in [1.165, 1.54) is 17.3 Å². The predicted molar refractivity (Wildman–Crippen MR) is 82.8 cm³/mol. The average molecular weight is 339 g/mol. The van der Waals surface area contributed by atoms with Crippen molar-refractivity contribution < 1.29 is 19.2 Å². The average Bonchev–Trinajstić information content (AvgIpc) is 3.12. The summed E-state index contributed by atoms with van der Waals surface area (Å²) in [5.74, 6) is -0.818. The van der Waals surface area contributed by atoms with Gasteiger partial charge in [-0.2, -0.15) is 5.10 Å². The number of pyridine rings is 1. The molecular weight excluding hydrogens is 326 g/mol. The minimum absolute atomic E-state index is 0.0217. The van der Waals surface area contributed by atoms with Crippen LogP contribution in [0.25, 0.3) is 5.82 Å². The summed E-state index contributed by atoms with van der Waals surface area (Å²) in [5, 5.41) is 16.9. The van der Waals surface area contributed by atoms with E-state index in [9.17, 15) is 14.7 Å². The fraction of sp³-hybridized carbons (Fsp3) is 0.250. The number of aromatic carboxylic acids is 1. The van der Waals surface area contributed by atoms with Gasteiger partial charge in [0, 0.05) is 11.5 Å². The number of carbonyl (C=O) groups is 2. The zero-order chi connectivity index (χ0) is 17.6. The highest BCUT2D eigenvalue weighted by atomic mass is 16.5. The summed E-state index contributed by atoms with van der Waals surface area (Å²) in [5.41, 5.74) is 0.425. The molecule has 0 aliphatic heterocycles. The molecule has 3 aromatic rings. The highest BCUT2D eigenvalue weighted by Crippen LogP contribution is 2.43. The van der Waals surface area contributed by atoms with Crippen molar-refractivity contribution in [2.24, 2.45) is 0 Å². The second-order valence-electron chi connectivity index (χ2n) is 5.82. The van der Waals surface area contributed by atoms with Crippen molar-refractivity contribution in [3.8, 4) is 5.82 Å². The number of aromatic nitrogens is 5. The number of ketones is 1. The zero-order valence-electron chi connectivity index (χ0n) is 13.2. The molecule has 25 heavy (non-hydrogen) atoms. The van der Waals surface area contributed by atoms with Gasteiger partial charge >= 0.3 is 5.97 Å². The maximum Gasteiger partial charge on any atom is 0.358 e. The minimum Gasteiger partial charge on any atom is -0.476 e. The van der Waals surface area contributed by atoms with Gasteiger partial charge in [0.15, 0.2) is 11.6 Å². The second-order valence-corrected chi connectivity index (χ2v) is 5.82. The van der Waals surface area contributed by atoms with Gasteiger partial charge in [0.25, 0.3) is 0 Å². The lowest BCUT2D eigenvalue weighted by molar-refractivity contribution is 0.0682. The first kappa shape index (κ1) is 15.2. The molecule has 0 amide bonds. The lowest BCUT2D eigenvalue weighted by Crippen LogP contribution is -2.13. The second kappa shape index (κ2) is 5.62. The minimum atomic E-state index is -1.29. The molecule has 0 radical (unpaired) electrons. The Morgan fingerprint density at radius 3 is 2.72 bits per heavy atom. The molecule has 4 rings (SSSR count). The molecule has 0 atom stereocenters. The first-order valence-corrected chi connectivity index (χ1v) is 7.66. The number of carboxylic acid groups (broad SMARTS) is 1. The van der Waals surface area contributed by atoms with E-state index in [-0.39, 0.29) is 17.2 Å². The van der Waals surface area contributed by atoms with Crippen molar-refractivity contribution in [3.63, 3.8) is 0 Å². The number of hydrogen-bond donors (Lipinski definition) is 1. The van der Waals surface area contributed by atoms with Crippen molar-refractivity contribution in [1.82, 2.24) is 24.9 Å². The summed E-state index contributed by atoms with van der Waals surface area (Å²) in [6.45, 7) is 1.68. The molecule has 0 unspecified atom stereocenters. The molecule has 1 N–H and O–H groups in total. The Bertz CT molecular complexity index is 973.